The van der Waals surface area contributed by atoms with E-state index in [4.69, 9.17) is 0 Å². The van der Waals surface area contributed by atoms with E-state index in [1.165, 1.54) is 40.7 Å². The van der Waals surface area contributed by atoms with Gasteiger partial charge in [-0.3, -0.25) is 14.4 Å². The summed E-state index contributed by atoms with van der Waals surface area (Å²) >= 11 is 0. The van der Waals surface area contributed by atoms with E-state index in [0.717, 1.165) is 0 Å². The highest BCUT2D eigenvalue weighted by Crippen LogP contribution is 2.29. The molecule has 0 fully saturated rings. The molecule has 33 heavy (non-hydrogen) atoms. The third kappa shape index (κ3) is 3.99. The van der Waals surface area contributed by atoms with Crippen LogP contribution in [0.2, 0.25) is 0 Å². The van der Waals surface area contributed by atoms with Gasteiger partial charge in [-0.25, -0.2) is 8.42 Å². The Bertz CT molecular complexity index is 1370. The van der Waals surface area contributed by atoms with Crippen LogP contribution in [0.25, 0.3) is 0 Å². The topological polar surface area (TPSA) is 101 Å². The lowest BCUT2D eigenvalue weighted by molar-refractivity contribution is 0.0979. The van der Waals surface area contributed by atoms with E-state index in [1.807, 2.05) is 0 Å². The average molecular weight is 463 g/mol. The smallest absolute Gasteiger partial charge is 0.255 e. The monoisotopic (exact) mass is 462 g/mol. The molecule has 168 valence electrons. The molecule has 3 aromatic carbocycles. The van der Waals surface area contributed by atoms with Gasteiger partial charge in [-0.05, 0) is 42.5 Å². The number of sulfonamides is 1. The zero-order valence-electron chi connectivity index (χ0n) is 18.2. The van der Waals surface area contributed by atoms with Crippen LogP contribution < -0.4 is 5.32 Å². The Hall–Kier alpha value is -3.62. The Morgan fingerprint density at radius 3 is 1.91 bits per heavy atom. The van der Waals surface area contributed by atoms with Crippen LogP contribution in [0.15, 0.2) is 71.6 Å². The van der Waals surface area contributed by atoms with Crippen molar-refractivity contribution in [3.63, 3.8) is 0 Å². The minimum atomic E-state index is -3.62. The Balaban J connectivity index is 1.57. The Labute approximate surface area is 192 Å². The molecule has 0 saturated heterocycles. The van der Waals surface area contributed by atoms with Crippen molar-refractivity contribution in [1.29, 1.82) is 0 Å². The molecule has 0 unspecified atom stereocenters. The van der Waals surface area contributed by atoms with E-state index in [2.05, 4.69) is 5.32 Å². The quantitative estimate of drug-likeness (QED) is 0.470. The average Bonchev–Trinajstić information content (AvgIpc) is 2.83. The highest BCUT2D eigenvalue weighted by molar-refractivity contribution is 7.89. The number of amides is 1. The molecule has 7 nitrogen and oxygen atoms in total. The first-order valence-electron chi connectivity index (χ1n) is 10.5. The highest BCUT2D eigenvalue weighted by atomic mass is 32.2. The number of rotatable bonds is 6. The molecule has 4 rings (SSSR count). The van der Waals surface area contributed by atoms with Crippen molar-refractivity contribution in [2.45, 2.75) is 18.7 Å². The van der Waals surface area contributed by atoms with Crippen LogP contribution in [0.5, 0.6) is 0 Å². The third-order valence-electron chi connectivity index (χ3n) is 5.64. The number of hydrogen-bond donors (Lipinski definition) is 1. The largest absolute Gasteiger partial charge is 0.322 e. The van der Waals surface area contributed by atoms with Crippen molar-refractivity contribution >= 4 is 33.2 Å². The van der Waals surface area contributed by atoms with Crippen LogP contribution in [0.1, 0.15) is 56.0 Å². The molecule has 0 bridgehead atoms. The number of anilines is 1. The summed E-state index contributed by atoms with van der Waals surface area (Å²) in [5.41, 5.74) is 1.85. The maximum absolute atomic E-state index is 12.9. The van der Waals surface area contributed by atoms with Crippen LogP contribution >= 0.6 is 0 Å². The van der Waals surface area contributed by atoms with Crippen LogP contribution in [0.3, 0.4) is 0 Å². The fourth-order valence-electron chi connectivity index (χ4n) is 3.87. The molecule has 1 N–H and O–H groups in total. The van der Waals surface area contributed by atoms with Gasteiger partial charge >= 0.3 is 0 Å². The predicted molar refractivity (Wildman–Crippen MR) is 124 cm³/mol. The summed E-state index contributed by atoms with van der Waals surface area (Å²) in [6.07, 6.45) is 0. The van der Waals surface area contributed by atoms with E-state index >= 15 is 0 Å². The molecule has 0 aromatic heterocycles. The second-order valence-electron chi connectivity index (χ2n) is 7.53. The number of benzene rings is 3. The van der Waals surface area contributed by atoms with Crippen LogP contribution in [-0.2, 0) is 10.0 Å². The van der Waals surface area contributed by atoms with Gasteiger partial charge in [-0.1, -0.05) is 38.1 Å². The molecule has 0 atom stereocenters. The maximum Gasteiger partial charge on any atom is 0.255 e. The minimum absolute atomic E-state index is 0.110. The SMILES string of the molecule is CCN(CC)S(=O)(=O)c1ccc(C(=O)Nc2ccc3c(c2)C(=O)c2ccccc2C3=O)cc1. The van der Waals surface area contributed by atoms with Crippen LogP contribution in [0.4, 0.5) is 5.69 Å². The zero-order valence-corrected chi connectivity index (χ0v) is 19.0. The lowest BCUT2D eigenvalue weighted by Gasteiger charge is -2.19. The fraction of sp³-hybridized carbons (Fsp3) is 0.160. The van der Waals surface area contributed by atoms with E-state index in [-0.39, 0.29) is 27.6 Å². The highest BCUT2D eigenvalue weighted by Gasteiger charge is 2.29. The van der Waals surface area contributed by atoms with Gasteiger partial charge in [0.15, 0.2) is 11.6 Å². The second kappa shape index (κ2) is 8.73. The van der Waals surface area contributed by atoms with Gasteiger partial charge < -0.3 is 5.32 Å². The van der Waals surface area contributed by atoms with Crippen molar-refractivity contribution in [2.24, 2.45) is 0 Å². The molecule has 0 spiro atoms. The summed E-state index contributed by atoms with van der Waals surface area (Å²) in [6, 6.07) is 16.9. The number of nitrogens with one attached hydrogen (secondary N) is 1. The van der Waals surface area contributed by atoms with Crippen molar-refractivity contribution in [3.8, 4) is 0 Å². The lowest BCUT2D eigenvalue weighted by atomic mass is 9.84. The fourth-order valence-corrected chi connectivity index (χ4v) is 5.33. The van der Waals surface area contributed by atoms with Crippen LogP contribution in [-0.4, -0.2) is 43.3 Å². The molecule has 1 aliphatic rings. The first kappa shape index (κ1) is 22.6. The molecule has 3 aromatic rings. The second-order valence-corrected chi connectivity index (χ2v) is 9.47. The van der Waals surface area contributed by atoms with E-state index < -0.39 is 15.9 Å². The number of fused-ring (bicyclic) bond motifs is 2. The van der Waals surface area contributed by atoms with Crippen molar-refractivity contribution < 1.29 is 22.8 Å². The van der Waals surface area contributed by atoms with Crippen molar-refractivity contribution in [2.75, 3.05) is 18.4 Å². The predicted octanol–water partition coefficient (Wildman–Crippen LogP) is 3.74. The Morgan fingerprint density at radius 1 is 0.788 bits per heavy atom. The molecule has 0 saturated carbocycles. The molecule has 8 heteroatoms. The Kier molecular flexibility index (Phi) is 5.97. The van der Waals surface area contributed by atoms with Gasteiger partial charge in [0.1, 0.15) is 0 Å². The van der Waals surface area contributed by atoms with Gasteiger partial charge in [-0.15, -0.1) is 0 Å². The summed E-state index contributed by atoms with van der Waals surface area (Å²) < 4.78 is 26.6. The van der Waals surface area contributed by atoms with E-state index in [9.17, 15) is 22.8 Å². The maximum atomic E-state index is 12.9. The normalized spacial score (nSPS) is 12.9. The van der Waals surface area contributed by atoms with Gasteiger partial charge in [0.2, 0.25) is 10.0 Å². The van der Waals surface area contributed by atoms with E-state index in [1.54, 1.807) is 44.2 Å². The van der Waals surface area contributed by atoms with Gasteiger partial charge in [0, 0.05) is 46.6 Å². The number of carbonyl (C=O) groups is 3. The number of ketones is 2. The standard InChI is InChI=1S/C25H22N2O5S/c1-3-27(4-2)33(31,32)18-12-9-16(10-13-18)25(30)26-17-11-14-21-22(15-17)24(29)20-8-6-5-7-19(20)23(21)28/h5-15H,3-4H2,1-2H3,(H,26,30). The minimum Gasteiger partial charge on any atom is -0.322 e. The molecule has 0 heterocycles. The molecule has 1 amide bonds. The molecule has 0 radical (unpaired) electrons. The summed E-state index contributed by atoms with van der Waals surface area (Å²) in [6.45, 7) is 4.23. The first-order valence-corrected chi connectivity index (χ1v) is 12.0. The third-order valence-corrected chi connectivity index (χ3v) is 7.71. The molecular formula is C25H22N2O5S. The first-order chi connectivity index (χ1) is 15.8. The lowest BCUT2D eigenvalue weighted by Crippen LogP contribution is -2.30. The van der Waals surface area contributed by atoms with Crippen molar-refractivity contribution in [3.05, 3.63) is 94.5 Å². The Morgan fingerprint density at radius 2 is 1.33 bits per heavy atom. The summed E-state index contributed by atoms with van der Waals surface area (Å²) in [5.74, 6) is -0.970. The van der Waals surface area contributed by atoms with Gasteiger partial charge in [0.05, 0.1) is 4.90 Å². The zero-order chi connectivity index (χ0) is 23.8. The summed E-state index contributed by atoms with van der Waals surface area (Å²) in [7, 11) is -3.62. The summed E-state index contributed by atoms with van der Waals surface area (Å²) in [5, 5.41) is 2.71. The molecule has 0 aliphatic heterocycles. The number of nitrogens with zero attached hydrogens (tertiary/aromatic N) is 1. The van der Waals surface area contributed by atoms with Crippen LogP contribution in [0, 0.1) is 0 Å². The van der Waals surface area contributed by atoms with E-state index in [0.29, 0.717) is 35.5 Å². The van der Waals surface area contributed by atoms with Gasteiger partial charge in [-0.2, -0.15) is 4.31 Å². The molecular weight excluding hydrogens is 440 g/mol. The number of carbonyl (C=O) groups excluding carboxylic acids is 3. The van der Waals surface area contributed by atoms with Gasteiger partial charge in [0.25, 0.3) is 5.91 Å². The summed E-state index contributed by atoms with van der Waals surface area (Å²) in [4.78, 5) is 38.4. The number of hydrogen-bond acceptors (Lipinski definition) is 5. The molecule has 1 aliphatic carbocycles. The van der Waals surface area contributed by atoms with Crippen molar-refractivity contribution in [1.82, 2.24) is 4.31 Å².